The van der Waals surface area contributed by atoms with Crippen LogP contribution in [0.2, 0.25) is 0 Å². The first kappa shape index (κ1) is 40.2. The predicted octanol–water partition coefficient (Wildman–Crippen LogP) is 8.89. The van der Waals surface area contributed by atoms with Crippen molar-refractivity contribution in [1.82, 2.24) is 0 Å². The molecule has 0 spiro atoms. The lowest BCUT2D eigenvalue weighted by molar-refractivity contribution is -0.830. The Morgan fingerprint density at radius 1 is 0.977 bits per heavy atom. The summed E-state index contributed by atoms with van der Waals surface area (Å²) in [5, 5.41) is 27.8. The van der Waals surface area contributed by atoms with Gasteiger partial charge in [0.05, 0.1) is 25.2 Å². The minimum absolute atomic E-state index is 0.134. The number of unbranched alkanes of at least 4 members (excludes halogenated alkanes) is 2. The van der Waals surface area contributed by atoms with E-state index in [9.17, 15) is 15.2 Å². The zero-order valence-electron chi connectivity index (χ0n) is 29.2. The largest absolute Gasteiger partial charge is 0.634 e. The first-order valence-corrected chi connectivity index (χ1v) is 18.5. The number of hydrogen-bond donors (Lipinski definition) is 3. The van der Waals surface area contributed by atoms with Crippen LogP contribution in [-0.2, 0) is 0 Å². The Kier molecular flexibility index (Phi) is 21.2. The van der Waals surface area contributed by atoms with Gasteiger partial charge in [0.2, 0.25) is 0 Å². The van der Waals surface area contributed by atoms with Crippen LogP contribution in [0.25, 0.3) is 0 Å². The summed E-state index contributed by atoms with van der Waals surface area (Å²) >= 11 is 0. The number of hydroxylamine groups is 2. The van der Waals surface area contributed by atoms with Crippen molar-refractivity contribution in [3.05, 3.63) is 22.8 Å². The SMILES string of the molecule is C=CCC1(O)CCCCCC(N)(CC(CC)C[NH+](C)[O-])C(CCCCC)CCCCCC(CC(CC)N=O)C(CCC)C1. The first-order chi connectivity index (χ1) is 20.6. The molecule has 0 aromatic carbocycles. The van der Waals surface area contributed by atoms with Crippen molar-refractivity contribution in [2.24, 2.45) is 34.6 Å². The molecule has 0 bridgehead atoms. The summed E-state index contributed by atoms with van der Waals surface area (Å²) in [6, 6.07) is -0.134. The van der Waals surface area contributed by atoms with Crippen molar-refractivity contribution in [2.45, 2.75) is 186 Å². The van der Waals surface area contributed by atoms with Gasteiger partial charge in [-0.1, -0.05) is 116 Å². The topological polar surface area (TPSA) is 103 Å². The second kappa shape index (κ2) is 22.6. The van der Waals surface area contributed by atoms with Gasteiger partial charge in [-0.15, -0.1) is 6.58 Å². The van der Waals surface area contributed by atoms with E-state index in [1.165, 1.54) is 44.9 Å². The molecule has 0 heterocycles. The number of quaternary nitrogens is 1. The Labute approximate surface area is 267 Å². The molecule has 4 N–H and O–H groups in total. The van der Waals surface area contributed by atoms with Crippen molar-refractivity contribution >= 4 is 0 Å². The molecule has 1 rings (SSSR count). The van der Waals surface area contributed by atoms with Crippen molar-refractivity contribution in [3.63, 3.8) is 0 Å². The fourth-order valence-corrected chi connectivity index (χ4v) is 8.30. The quantitative estimate of drug-likeness (QED) is 0.0665. The van der Waals surface area contributed by atoms with Crippen LogP contribution < -0.4 is 10.8 Å². The molecule has 0 saturated heterocycles. The third-order valence-corrected chi connectivity index (χ3v) is 10.9. The van der Waals surface area contributed by atoms with Gasteiger partial charge in [0, 0.05) is 11.5 Å². The lowest BCUT2D eigenvalue weighted by atomic mass is 9.69. The predicted molar refractivity (Wildman–Crippen MR) is 185 cm³/mol. The lowest BCUT2D eigenvalue weighted by Crippen LogP contribution is -3.04. The maximum Gasteiger partial charge on any atom is 0.0919 e. The van der Waals surface area contributed by atoms with Gasteiger partial charge in [-0.3, -0.25) is 0 Å². The molecule has 254 valence electrons. The lowest BCUT2D eigenvalue weighted by Gasteiger charge is -2.41. The van der Waals surface area contributed by atoms with Crippen LogP contribution in [0.15, 0.2) is 17.8 Å². The van der Waals surface area contributed by atoms with Crippen LogP contribution in [0.4, 0.5) is 0 Å². The summed E-state index contributed by atoms with van der Waals surface area (Å²) in [5.74, 6) is 1.66. The fourth-order valence-electron chi connectivity index (χ4n) is 8.30. The maximum atomic E-state index is 12.1. The molecule has 0 aromatic rings. The zero-order chi connectivity index (χ0) is 32.1. The smallest absolute Gasteiger partial charge is 0.0919 e. The summed E-state index contributed by atoms with van der Waals surface area (Å²) in [7, 11) is 1.72. The second-order valence-electron chi connectivity index (χ2n) is 14.6. The Balaban J connectivity index is 3.30. The van der Waals surface area contributed by atoms with E-state index in [-0.39, 0.29) is 16.6 Å². The van der Waals surface area contributed by atoms with E-state index in [0.717, 1.165) is 89.9 Å². The molecule has 0 amide bonds. The average molecular weight is 608 g/mol. The Bertz CT molecular complexity index is 719. The van der Waals surface area contributed by atoms with Gasteiger partial charge in [0.15, 0.2) is 0 Å². The van der Waals surface area contributed by atoms with Crippen LogP contribution in [0.1, 0.15) is 169 Å². The maximum absolute atomic E-state index is 12.1. The Hall–Kier alpha value is -0.820. The number of nitroso groups, excluding NO2 is 1. The van der Waals surface area contributed by atoms with Crippen LogP contribution in [-0.4, -0.2) is 35.9 Å². The molecule has 1 aliphatic carbocycles. The van der Waals surface area contributed by atoms with Gasteiger partial charge in [0.1, 0.15) is 0 Å². The van der Waals surface area contributed by atoms with Gasteiger partial charge < -0.3 is 21.1 Å². The van der Waals surface area contributed by atoms with E-state index in [2.05, 4.69) is 39.5 Å². The summed E-state index contributed by atoms with van der Waals surface area (Å²) in [4.78, 5) is 11.7. The molecular formula is C37H73N3O3. The van der Waals surface area contributed by atoms with Crippen molar-refractivity contribution in [3.8, 4) is 0 Å². The number of rotatable bonds is 17. The minimum Gasteiger partial charge on any atom is -0.634 e. The van der Waals surface area contributed by atoms with Gasteiger partial charge in [-0.25, -0.2) is 0 Å². The molecule has 0 aromatic heterocycles. The molecule has 1 saturated carbocycles. The van der Waals surface area contributed by atoms with Gasteiger partial charge in [-0.2, -0.15) is 4.91 Å². The molecular weight excluding hydrogens is 534 g/mol. The van der Waals surface area contributed by atoms with Crippen LogP contribution >= 0.6 is 0 Å². The molecule has 8 unspecified atom stereocenters. The number of nitrogens with two attached hydrogens (primary N) is 1. The van der Waals surface area contributed by atoms with E-state index in [1.807, 2.05) is 6.08 Å². The third kappa shape index (κ3) is 15.8. The Morgan fingerprint density at radius 2 is 1.67 bits per heavy atom. The highest BCUT2D eigenvalue weighted by molar-refractivity contribution is 4.94. The van der Waals surface area contributed by atoms with E-state index in [1.54, 1.807) is 7.05 Å². The number of nitrogens with one attached hydrogen (secondary N) is 1. The summed E-state index contributed by atoms with van der Waals surface area (Å²) < 4.78 is 0. The summed E-state index contributed by atoms with van der Waals surface area (Å²) in [5.41, 5.74) is 6.51. The van der Waals surface area contributed by atoms with Gasteiger partial charge >= 0.3 is 0 Å². The van der Waals surface area contributed by atoms with Crippen LogP contribution in [0, 0.1) is 33.8 Å². The second-order valence-corrected chi connectivity index (χ2v) is 14.6. The highest BCUT2D eigenvalue weighted by Crippen LogP contribution is 2.40. The molecule has 0 radical (unpaired) electrons. The molecule has 6 nitrogen and oxygen atoms in total. The molecule has 1 fully saturated rings. The first-order valence-electron chi connectivity index (χ1n) is 18.5. The van der Waals surface area contributed by atoms with Crippen LogP contribution in [0.5, 0.6) is 0 Å². The van der Waals surface area contributed by atoms with E-state index in [4.69, 9.17) is 5.73 Å². The van der Waals surface area contributed by atoms with E-state index < -0.39 is 5.60 Å². The van der Waals surface area contributed by atoms with Crippen molar-refractivity contribution < 1.29 is 10.2 Å². The summed E-state index contributed by atoms with van der Waals surface area (Å²) in [6.45, 7) is 13.4. The molecule has 8 atom stereocenters. The van der Waals surface area contributed by atoms with Crippen molar-refractivity contribution in [1.29, 1.82) is 0 Å². The van der Waals surface area contributed by atoms with E-state index >= 15 is 0 Å². The molecule has 1 aliphatic rings. The molecule has 6 heteroatoms. The number of nitrogens with zero attached hydrogens (tertiary/aromatic N) is 1. The highest BCUT2D eigenvalue weighted by atomic mass is 16.5. The van der Waals surface area contributed by atoms with Crippen molar-refractivity contribution in [2.75, 3.05) is 13.6 Å². The minimum atomic E-state index is -0.746. The molecule has 0 aliphatic heterocycles. The number of hydrogen-bond acceptors (Lipinski definition) is 5. The Morgan fingerprint density at radius 3 is 2.28 bits per heavy atom. The zero-order valence-corrected chi connectivity index (χ0v) is 29.2. The summed E-state index contributed by atoms with van der Waals surface area (Å²) in [6.07, 6.45) is 24.7. The number of aliphatic hydroxyl groups is 1. The standard InChI is InChI=1S/C37H73N3O3/c1-7-12-15-22-34-23-17-13-16-21-32(27-35(11-5)39-42)33(20-8-2)29-36(41,24-9-3)25-18-14-19-26-37(34,38)28-31(10-4)30-40(6)43/h9,31-35,40-41H,3,7-8,10-30,38H2,1-2,4-6H3. The van der Waals surface area contributed by atoms with E-state index in [0.29, 0.717) is 36.6 Å². The average Bonchev–Trinajstić information content (AvgIpc) is 2.96. The molecule has 43 heavy (non-hydrogen) atoms. The van der Waals surface area contributed by atoms with Gasteiger partial charge in [0.25, 0.3) is 0 Å². The third-order valence-electron chi connectivity index (χ3n) is 10.9. The van der Waals surface area contributed by atoms with Gasteiger partial charge in [-0.05, 0) is 82.0 Å². The normalized spacial score (nSPS) is 30.7. The monoisotopic (exact) mass is 608 g/mol. The highest BCUT2D eigenvalue weighted by Gasteiger charge is 2.37. The van der Waals surface area contributed by atoms with Crippen LogP contribution in [0.3, 0.4) is 0 Å². The fraction of sp³-hybridized carbons (Fsp3) is 0.946.